The minimum Gasteiger partial charge on any atom is -0.247 e. The first-order chi connectivity index (χ1) is 9.56. The average molecular weight is 271 g/mol. The van der Waals surface area contributed by atoms with Gasteiger partial charge in [0.2, 0.25) is 0 Å². The first kappa shape index (κ1) is 12.6. The summed E-state index contributed by atoms with van der Waals surface area (Å²) in [4.78, 5) is 12.9. The Kier molecular flexibility index (Phi) is 2.89. The van der Waals surface area contributed by atoms with Gasteiger partial charge in [0.15, 0.2) is 5.65 Å². The maximum absolute atomic E-state index is 13.9. The van der Waals surface area contributed by atoms with Crippen LogP contribution in [-0.2, 0) is 0 Å². The van der Waals surface area contributed by atoms with E-state index in [2.05, 4.69) is 15.0 Å². The molecule has 0 N–H and O–H groups in total. The van der Waals surface area contributed by atoms with Crippen molar-refractivity contribution in [2.75, 3.05) is 0 Å². The molecule has 0 amide bonds. The minimum absolute atomic E-state index is 0.288. The van der Waals surface area contributed by atoms with Crippen LogP contribution in [0.2, 0.25) is 0 Å². The van der Waals surface area contributed by atoms with E-state index >= 15 is 0 Å². The molecule has 2 heterocycles. The van der Waals surface area contributed by atoms with E-state index < -0.39 is 11.6 Å². The molecule has 0 saturated heterocycles. The Labute approximate surface area is 114 Å². The van der Waals surface area contributed by atoms with Crippen molar-refractivity contribution < 1.29 is 8.78 Å². The van der Waals surface area contributed by atoms with Crippen LogP contribution in [0.25, 0.3) is 22.3 Å². The second-order valence-corrected chi connectivity index (χ2v) is 4.55. The summed E-state index contributed by atoms with van der Waals surface area (Å²) in [7, 11) is 0. The van der Waals surface area contributed by atoms with Crippen LogP contribution in [0.15, 0.2) is 30.5 Å². The highest BCUT2D eigenvalue weighted by molar-refractivity contribution is 5.89. The fourth-order valence-corrected chi connectivity index (χ4v) is 2.05. The number of pyridine rings is 1. The Morgan fingerprint density at radius 1 is 0.900 bits per heavy atom. The number of aryl methyl sites for hydroxylation is 2. The van der Waals surface area contributed by atoms with E-state index in [1.165, 1.54) is 12.1 Å². The third kappa shape index (κ3) is 2.01. The van der Waals surface area contributed by atoms with Crippen LogP contribution in [0.4, 0.5) is 8.78 Å². The van der Waals surface area contributed by atoms with Crippen molar-refractivity contribution in [1.29, 1.82) is 0 Å². The van der Waals surface area contributed by atoms with Crippen LogP contribution < -0.4 is 0 Å². The van der Waals surface area contributed by atoms with Crippen molar-refractivity contribution in [1.82, 2.24) is 15.0 Å². The number of nitrogens with zero attached hydrogens (tertiary/aromatic N) is 3. The van der Waals surface area contributed by atoms with Crippen LogP contribution >= 0.6 is 0 Å². The maximum atomic E-state index is 13.9. The highest BCUT2D eigenvalue weighted by atomic mass is 19.1. The van der Waals surface area contributed by atoms with Gasteiger partial charge in [-0.1, -0.05) is 0 Å². The van der Waals surface area contributed by atoms with Gasteiger partial charge in [0.05, 0.1) is 11.4 Å². The number of hydrogen-bond donors (Lipinski definition) is 0. The molecular weight excluding hydrogens is 260 g/mol. The van der Waals surface area contributed by atoms with Gasteiger partial charge in [-0.2, -0.15) is 0 Å². The smallest absolute Gasteiger partial charge is 0.179 e. The standard InChI is InChI=1S/C15H11F2N3/c1-8-9(2)20-15-14(19-8)12(5-6-18-15)11-4-3-10(16)7-13(11)17/h3-7H,1-2H3. The lowest BCUT2D eigenvalue weighted by Gasteiger charge is -2.08. The van der Waals surface area contributed by atoms with E-state index in [-0.39, 0.29) is 5.56 Å². The van der Waals surface area contributed by atoms with Gasteiger partial charge in [0, 0.05) is 23.4 Å². The second kappa shape index (κ2) is 4.59. The Balaban J connectivity index is 2.33. The molecule has 5 heteroatoms. The molecule has 0 spiro atoms. The molecule has 0 fully saturated rings. The molecule has 3 rings (SSSR count). The lowest BCUT2D eigenvalue weighted by atomic mass is 10.0. The molecule has 20 heavy (non-hydrogen) atoms. The van der Waals surface area contributed by atoms with E-state index in [9.17, 15) is 8.78 Å². The molecule has 100 valence electrons. The summed E-state index contributed by atoms with van der Waals surface area (Å²) >= 11 is 0. The van der Waals surface area contributed by atoms with Gasteiger partial charge in [-0.25, -0.2) is 23.7 Å². The van der Waals surface area contributed by atoms with Gasteiger partial charge in [0.1, 0.15) is 17.2 Å². The second-order valence-electron chi connectivity index (χ2n) is 4.55. The summed E-state index contributed by atoms with van der Waals surface area (Å²) < 4.78 is 26.9. The molecule has 3 nitrogen and oxygen atoms in total. The molecule has 0 aliphatic carbocycles. The van der Waals surface area contributed by atoms with Crippen LogP contribution in [0.1, 0.15) is 11.4 Å². The molecule has 0 atom stereocenters. The number of fused-ring (bicyclic) bond motifs is 1. The predicted octanol–water partition coefficient (Wildman–Crippen LogP) is 3.59. The Morgan fingerprint density at radius 2 is 1.65 bits per heavy atom. The van der Waals surface area contributed by atoms with Crippen molar-refractivity contribution >= 4 is 11.2 Å². The Morgan fingerprint density at radius 3 is 2.40 bits per heavy atom. The van der Waals surface area contributed by atoms with Crippen molar-refractivity contribution in [2.45, 2.75) is 13.8 Å². The van der Waals surface area contributed by atoms with Gasteiger partial charge >= 0.3 is 0 Å². The topological polar surface area (TPSA) is 38.7 Å². The number of halogens is 2. The van der Waals surface area contributed by atoms with E-state index in [0.29, 0.717) is 16.7 Å². The van der Waals surface area contributed by atoms with E-state index in [1.54, 1.807) is 12.3 Å². The number of aromatic nitrogens is 3. The van der Waals surface area contributed by atoms with Gasteiger partial charge in [0.25, 0.3) is 0 Å². The summed E-state index contributed by atoms with van der Waals surface area (Å²) in [5.41, 5.74) is 3.35. The first-order valence-corrected chi connectivity index (χ1v) is 6.11. The van der Waals surface area contributed by atoms with Crippen molar-refractivity contribution in [3.8, 4) is 11.1 Å². The molecule has 3 aromatic rings. The lowest BCUT2D eigenvalue weighted by Crippen LogP contribution is -1.98. The molecule has 0 aliphatic rings. The lowest BCUT2D eigenvalue weighted by molar-refractivity contribution is 0.585. The SMILES string of the molecule is Cc1nc2nccc(-c3ccc(F)cc3F)c2nc1C. The Bertz CT molecular complexity index is 816. The van der Waals surface area contributed by atoms with Gasteiger partial charge in [-0.05, 0) is 32.0 Å². The summed E-state index contributed by atoms with van der Waals surface area (Å²) in [5.74, 6) is -1.24. The molecular formula is C15H11F2N3. The van der Waals surface area contributed by atoms with Crippen molar-refractivity contribution in [3.05, 3.63) is 53.5 Å². The first-order valence-electron chi connectivity index (χ1n) is 6.11. The normalized spacial score (nSPS) is 11.0. The third-order valence-electron chi connectivity index (χ3n) is 3.20. The van der Waals surface area contributed by atoms with Gasteiger partial charge in [-0.3, -0.25) is 0 Å². The van der Waals surface area contributed by atoms with E-state index in [4.69, 9.17) is 0 Å². The largest absolute Gasteiger partial charge is 0.247 e. The van der Waals surface area contributed by atoms with Crippen LogP contribution in [0.5, 0.6) is 0 Å². The molecule has 0 radical (unpaired) electrons. The average Bonchev–Trinajstić information content (AvgIpc) is 2.40. The predicted molar refractivity (Wildman–Crippen MR) is 72.2 cm³/mol. The van der Waals surface area contributed by atoms with Crippen molar-refractivity contribution in [2.24, 2.45) is 0 Å². The van der Waals surface area contributed by atoms with E-state index in [0.717, 1.165) is 17.5 Å². The van der Waals surface area contributed by atoms with Gasteiger partial charge in [-0.15, -0.1) is 0 Å². The highest BCUT2D eigenvalue weighted by Gasteiger charge is 2.13. The molecule has 0 bridgehead atoms. The summed E-state index contributed by atoms with van der Waals surface area (Å²) in [6, 6.07) is 5.13. The zero-order valence-electron chi connectivity index (χ0n) is 11.0. The highest BCUT2D eigenvalue weighted by Crippen LogP contribution is 2.28. The third-order valence-corrected chi connectivity index (χ3v) is 3.20. The number of benzene rings is 1. The molecule has 1 aromatic carbocycles. The summed E-state index contributed by atoms with van der Waals surface area (Å²) in [6.45, 7) is 3.67. The van der Waals surface area contributed by atoms with Crippen LogP contribution in [0.3, 0.4) is 0 Å². The molecule has 0 saturated carbocycles. The quantitative estimate of drug-likeness (QED) is 0.679. The van der Waals surface area contributed by atoms with Crippen molar-refractivity contribution in [3.63, 3.8) is 0 Å². The summed E-state index contributed by atoms with van der Waals surface area (Å²) in [5, 5.41) is 0. The molecule has 0 unspecified atom stereocenters. The maximum Gasteiger partial charge on any atom is 0.179 e. The van der Waals surface area contributed by atoms with Crippen LogP contribution in [0, 0.1) is 25.5 Å². The number of hydrogen-bond acceptors (Lipinski definition) is 3. The Hall–Kier alpha value is -2.43. The van der Waals surface area contributed by atoms with Crippen LogP contribution in [-0.4, -0.2) is 15.0 Å². The zero-order valence-corrected chi connectivity index (χ0v) is 11.0. The molecule has 0 aliphatic heterocycles. The fourth-order valence-electron chi connectivity index (χ4n) is 2.05. The monoisotopic (exact) mass is 271 g/mol. The van der Waals surface area contributed by atoms with Gasteiger partial charge < -0.3 is 0 Å². The summed E-state index contributed by atoms with van der Waals surface area (Å²) in [6.07, 6.45) is 1.55. The zero-order chi connectivity index (χ0) is 14.3. The fraction of sp³-hybridized carbons (Fsp3) is 0.133. The number of rotatable bonds is 1. The van der Waals surface area contributed by atoms with E-state index in [1.807, 2.05) is 13.8 Å². The minimum atomic E-state index is -0.627. The molecule has 2 aromatic heterocycles.